The van der Waals surface area contributed by atoms with Crippen molar-refractivity contribution in [3.8, 4) is 78.3 Å². The Morgan fingerprint density at radius 1 is 0.412 bits per heavy atom. The van der Waals surface area contributed by atoms with Crippen molar-refractivity contribution >= 4 is 0 Å². The average Bonchev–Trinajstić information content (AvgIpc) is 3.63. The van der Waals surface area contributed by atoms with Crippen molar-refractivity contribution in [2.75, 3.05) is 0 Å². The van der Waals surface area contributed by atoms with Crippen molar-refractivity contribution < 1.29 is 22.8 Å². The summed E-state index contributed by atoms with van der Waals surface area (Å²) in [5.41, 5.74) is 22.8. The standard InChI is InChI=1S/C64H48N3.Ir/c1-43-11-31-62(66-41-43)50-21-17-45(18-22-50)13-15-47-35-48(16-14-46-19-23-51(24-20-46)63-32-12-44(2)42-67-63)37-56(36-47)60-10-6-5-8-58(60)49-25-27-52(28-26-49)64-40-54(33-34-65-64)53-29-30-61-57(38-53)39-55-7-3-4-9-59(55)61;/h3-12,17-21,23,25-27,29-38,40-42H,13-16,39H2,1-2H3;/q-3;+3/i39D2;. The number of nitrogens with zero attached hydrogens (tertiary/aromatic N) is 3. The predicted molar refractivity (Wildman–Crippen MR) is 274 cm³/mol. The van der Waals surface area contributed by atoms with E-state index in [-0.39, 0.29) is 20.1 Å². The average molecular weight is 1050 g/mol. The normalized spacial score (nSPS) is 12.6. The van der Waals surface area contributed by atoms with Crippen LogP contribution in [0.4, 0.5) is 0 Å². The summed E-state index contributed by atoms with van der Waals surface area (Å²) in [5.74, 6) is 0. The molecule has 0 N–H and O–H groups in total. The molecule has 3 aromatic heterocycles. The first kappa shape index (κ1) is 42.0. The summed E-state index contributed by atoms with van der Waals surface area (Å²) in [5, 5.41) is 0. The van der Waals surface area contributed by atoms with E-state index in [0.29, 0.717) is 5.56 Å². The minimum Gasteiger partial charge on any atom is -0.305 e. The van der Waals surface area contributed by atoms with Crippen molar-refractivity contribution in [3.05, 3.63) is 257 Å². The van der Waals surface area contributed by atoms with E-state index in [9.17, 15) is 0 Å². The van der Waals surface area contributed by atoms with Gasteiger partial charge in [0.2, 0.25) is 0 Å². The number of pyridine rings is 3. The Morgan fingerprint density at radius 3 is 1.53 bits per heavy atom. The van der Waals surface area contributed by atoms with Crippen LogP contribution < -0.4 is 0 Å². The first-order chi connectivity index (χ1) is 33.7. The number of hydrogen-bond donors (Lipinski definition) is 0. The van der Waals surface area contributed by atoms with Gasteiger partial charge in [-0.2, -0.15) is 0 Å². The maximum Gasteiger partial charge on any atom is 3.00 e. The van der Waals surface area contributed by atoms with E-state index in [1.807, 2.05) is 55.0 Å². The molecule has 0 amide bonds. The van der Waals surface area contributed by atoms with Crippen LogP contribution >= 0.6 is 0 Å². The third-order valence-corrected chi connectivity index (χ3v) is 12.8. The van der Waals surface area contributed by atoms with Crippen molar-refractivity contribution in [1.82, 2.24) is 15.0 Å². The second kappa shape index (κ2) is 19.9. The Kier molecular flexibility index (Phi) is 12.3. The van der Waals surface area contributed by atoms with Gasteiger partial charge in [-0.3, -0.25) is 0 Å². The molecule has 11 rings (SSSR count). The van der Waals surface area contributed by atoms with Gasteiger partial charge < -0.3 is 15.0 Å². The van der Waals surface area contributed by atoms with E-state index in [4.69, 9.17) is 7.73 Å². The Morgan fingerprint density at radius 2 is 0.941 bits per heavy atom. The van der Waals surface area contributed by atoms with E-state index in [0.717, 1.165) is 110 Å². The minimum absolute atomic E-state index is 0. The van der Waals surface area contributed by atoms with E-state index in [1.165, 1.54) is 33.4 Å². The van der Waals surface area contributed by atoms with Gasteiger partial charge >= 0.3 is 20.1 Å². The van der Waals surface area contributed by atoms with Crippen molar-refractivity contribution in [2.24, 2.45) is 0 Å². The first-order valence-electron chi connectivity index (χ1n) is 24.0. The number of aromatic nitrogens is 3. The largest absolute Gasteiger partial charge is 3.00 e. The molecule has 0 unspecified atom stereocenters. The number of rotatable bonds is 12. The molecule has 4 heteroatoms. The molecule has 10 aromatic rings. The molecule has 328 valence electrons. The molecule has 0 aliphatic heterocycles. The number of benzene rings is 7. The molecule has 0 fully saturated rings. The molecule has 0 bridgehead atoms. The molecule has 68 heavy (non-hydrogen) atoms. The van der Waals surface area contributed by atoms with Gasteiger partial charge in [0.05, 0.1) is 0 Å². The van der Waals surface area contributed by atoms with Gasteiger partial charge in [-0.05, 0) is 123 Å². The maximum atomic E-state index is 8.98. The summed E-state index contributed by atoms with van der Waals surface area (Å²) in [7, 11) is 0. The van der Waals surface area contributed by atoms with Crippen molar-refractivity contribution in [1.29, 1.82) is 0 Å². The molecule has 0 radical (unpaired) electrons. The van der Waals surface area contributed by atoms with Gasteiger partial charge in [0.1, 0.15) is 0 Å². The zero-order chi connectivity index (χ0) is 46.9. The zero-order valence-corrected chi connectivity index (χ0v) is 40.4. The molecule has 3 nitrogen and oxygen atoms in total. The Labute approximate surface area is 416 Å². The predicted octanol–water partition coefficient (Wildman–Crippen LogP) is 15.0. The first-order valence-corrected chi connectivity index (χ1v) is 23.0. The molecule has 7 aromatic carbocycles. The van der Waals surface area contributed by atoms with Crippen LogP contribution in [-0.4, -0.2) is 15.0 Å². The second-order valence-electron chi connectivity index (χ2n) is 17.6. The fourth-order valence-corrected chi connectivity index (χ4v) is 9.11. The quantitative estimate of drug-likeness (QED) is 0.114. The van der Waals surface area contributed by atoms with Gasteiger partial charge in [-0.1, -0.05) is 139 Å². The maximum absolute atomic E-state index is 8.98. The summed E-state index contributed by atoms with van der Waals surface area (Å²) >= 11 is 0. The van der Waals surface area contributed by atoms with Crippen molar-refractivity contribution in [3.63, 3.8) is 0 Å². The zero-order valence-electron chi connectivity index (χ0n) is 40.0. The smallest absolute Gasteiger partial charge is 0.305 e. The Hall–Kier alpha value is -7.36. The van der Waals surface area contributed by atoms with Crippen LogP contribution in [0.5, 0.6) is 0 Å². The molecule has 0 saturated carbocycles. The molecule has 0 spiro atoms. The van der Waals surface area contributed by atoms with Crippen LogP contribution in [0.15, 0.2) is 195 Å². The van der Waals surface area contributed by atoms with Crippen LogP contribution in [0.3, 0.4) is 0 Å². The van der Waals surface area contributed by atoms with Gasteiger partial charge in [-0.25, -0.2) is 0 Å². The van der Waals surface area contributed by atoms with E-state index >= 15 is 0 Å². The third-order valence-electron chi connectivity index (χ3n) is 12.8. The van der Waals surface area contributed by atoms with Gasteiger partial charge in [0.15, 0.2) is 0 Å². The van der Waals surface area contributed by atoms with Crippen LogP contribution in [0.25, 0.3) is 78.3 Å². The molecular formula is C64H48IrN3. The molecule has 0 saturated heterocycles. The number of aryl methyl sites for hydroxylation is 6. The van der Waals surface area contributed by atoms with Crippen LogP contribution in [-0.2, 0) is 52.2 Å². The Bertz CT molecular complexity index is 3350. The monoisotopic (exact) mass is 1050 g/mol. The summed E-state index contributed by atoms with van der Waals surface area (Å²) in [4.78, 5) is 14.0. The summed E-state index contributed by atoms with van der Waals surface area (Å²) in [6, 6.07) is 71.9. The van der Waals surface area contributed by atoms with Gasteiger partial charge in [0, 0.05) is 21.3 Å². The van der Waals surface area contributed by atoms with E-state index < -0.39 is 6.37 Å². The van der Waals surface area contributed by atoms with E-state index in [1.54, 1.807) is 0 Å². The molecular weight excluding hydrogens is 1000 g/mol. The van der Waals surface area contributed by atoms with Crippen LogP contribution in [0.1, 0.15) is 47.2 Å². The topological polar surface area (TPSA) is 38.7 Å². The van der Waals surface area contributed by atoms with Gasteiger partial charge in [0.25, 0.3) is 0 Å². The number of fused-ring (bicyclic) bond motifs is 3. The molecule has 1 aliphatic carbocycles. The van der Waals surface area contributed by atoms with Crippen LogP contribution in [0.2, 0.25) is 0 Å². The van der Waals surface area contributed by atoms with Crippen LogP contribution in [0, 0.1) is 32.0 Å². The minimum atomic E-state index is -1.56. The SMILES string of the molecule is [2H]C1([2H])c2ccccc2-c2ccc(-c3ccnc(-c4[c-]cc(-c5ccccc5-c5cc(CCc6c[c-]c(-c7ccc(C)cn7)cc6)cc(CCc6c[c-]c(-c7ccc(C)cn7)cc6)c5)cc4)c3)cc21.[Ir+3]. The fourth-order valence-electron chi connectivity index (χ4n) is 9.11. The molecule has 1 aliphatic rings. The second-order valence-corrected chi connectivity index (χ2v) is 17.6. The fraction of sp³-hybridized carbons (Fsp3) is 0.109. The molecule has 3 heterocycles. The number of hydrogen-bond acceptors (Lipinski definition) is 3. The summed E-state index contributed by atoms with van der Waals surface area (Å²) in [6.07, 6.45) is 7.66. The summed E-state index contributed by atoms with van der Waals surface area (Å²) < 4.78 is 18.0. The molecule has 0 atom stereocenters. The third kappa shape index (κ3) is 9.71. The summed E-state index contributed by atoms with van der Waals surface area (Å²) in [6.45, 7) is 4.11. The van der Waals surface area contributed by atoms with Crippen molar-refractivity contribution in [2.45, 2.75) is 45.9 Å². The Balaban J connectivity index is 0.00000567. The van der Waals surface area contributed by atoms with Gasteiger partial charge in [-0.15, -0.1) is 101 Å². The van der Waals surface area contributed by atoms with E-state index in [2.05, 4.69) is 182 Å².